The zero-order valence-corrected chi connectivity index (χ0v) is 12.5. The lowest BCUT2D eigenvalue weighted by Gasteiger charge is -2.34. The van der Waals surface area contributed by atoms with Crippen LogP contribution in [0.2, 0.25) is 0 Å². The van der Waals surface area contributed by atoms with E-state index >= 15 is 0 Å². The molecule has 0 radical (unpaired) electrons. The molecule has 4 nitrogen and oxygen atoms in total. The fraction of sp³-hybridized carbons (Fsp3) is 0.562. The van der Waals surface area contributed by atoms with Crippen LogP contribution in [0.4, 0.5) is 0 Å². The minimum atomic E-state index is -0.253. The summed E-state index contributed by atoms with van der Waals surface area (Å²) in [5, 5.41) is 9.56. The maximum Gasteiger partial charge on any atom is 0.244 e. The monoisotopic (exact) mass is 276 g/mol. The van der Waals surface area contributed by atoms with Crippen molar-refractivity contribution in [1.82, 2.24) is 9.80 Å². The van der Waals surface area contributed by atoms with Gasteiger partial charge in [-0.3, -0.25) is 9.69 Å². The van der Waals surface area contributed by atoms with E-state index in [0.717, 1.165) is 5.56 Å². The predicted molar refractivity (Wildman–Crippen MR) is 79.4 cm³/mol. The van der Waals surface area contributed by atoms with Crippen molar-refractivity contribution in [2.75, 3.05) is 27.2 Å². The Kier molecular flexibility index (Phi) is 4.78. The highest BCUT2D eigenvalue weighted by atomic mass is 16.3. The van der Waals surface area contributed by atoms with Crippen molar-refractivity contribution >= 4 is 5.91 Å². The van der Waals surface area contributed by atoms with Gasteiger partial charge >= 0.3 is 0 Å². The molecule has 1 aromatic rings. The third-order valence-corrected chi connectivity index (χ3v) is 3.92. The van der Waals surface area contributed by atoms with Gasteiger partial charge in [-0.15, -0.1) is 0 Å². The van der Waals surface area contributed by atoms with E-state index in [2.05, 4.69) is 0 Å². The SMILES string of the molecule is Cc1ccc(C(C(=O)N2CCC(O)CC2)N(C)C)cc1. The number of likely N-dealkylation sites (N-methyl/N-ethyl adjacent to an activating group) is 1. The molecule has 1 saturated heterocycles. The van der Waals surface area contributed by atoms with E-state index in [-0.39, 0.29) is 18.1 Å². The maximum absolute atomic E-state index is 12.7. The largest absolute Gasteiger partial charge is 0.393 e. The van der Waals surface area contributed by atoms with Crippen LogP contribution in [0.25, 0.3) is 0 Å². The summed E-state index contributed by atoms with van der Waals surface area (Å²) in [5.74, 6) is 0.130. The van der Waals surface area contributed by atoms with Crippen molar-refractivity contribution in [3.05, 3.63) is 35.4 Å². The number of carbonyl (C=O) groups excluding carboxylic acids is 1. The number of likely N-dealkylation sites (tertiary alicyclic amines) is 1. The number of benzene rings is 1. The molecule has 0 spiro atoms. The lowest BCUT2D eigenvalue weighted by Crippen LogP contribution is -2.45. The van der Waals surface area contributed by atoms with Gasteiger partial charge < -0.3 is 10.0 Å². The van der Waals surface area contributed by atoms with Crippen LogP contribution in [-0.2, 0) is 4.79 Å². The van der Waals surface area contributed by atoms with Crippen molar-refractivity contribution in [2.24, 2.45) is 0 Å². The minimum Gasteiger partial charge on any atom is -0.393 e. The highest BCUT2D eigenvalue weighted by Gasteiger charge is 2.30. The van der Waals surface area contributed by atoms with E-state index in [4.69, 9.17) is 0 Å². The molecule has 1 unspecified atom stereocenters. The fourth-order valence-corrected chi connectivity index (χ4v) is 2.67. The standard InChI is InChI=1S/C16H24N2O2/c1-12-4-6-13(7-5-12)15(17(2)3)16(20)18-10-8-14(19)9-11-18/h4-7,14-15,19H,8-11H2,1-3H3. The number of hydrogen-bond acceptors (Lipinski definition) is 3. The van der Waals surface area contributed by atoms with Crippen LogP contribution in [0.5, 0.6) is 0 Å². The Morgan fingerprint density at radius 2 is 1.80 bits per heavy atom. The molecule has 0 bridgehead atoms. The molecule has 2 rings (SSSR count). The summed E-state index contributed by atoms with van der Waals surface area (Å²) in [6, 6.07) is 7.89. The van der Waals surface area contributed by atoms with Gasteiger partial charge in [0.25, 0.3) is 0 Å². The molecule has 110 valence electrons. The molecule has 1 heterocycles. The van der Waals surface area contributed by atoms with Crippen LogP contribution in [-0.4, -0.2) is 54.1 Å². The van der Waals surface area contributed by atoms with E-state index in [0.29, 0.717) is 25.9 Å². The lowest BCUT2D eigenvalue weighted by molar-refractivity contribution is -0.138. The number of rotatable bonds is 3. The third kappa shape index (κ3) is 3.38. The van der Waals surface area contributed by atoms with Gasteiger partial charge in [-0.25, -0.2) is 0 Å². The second kappa shape index (κ2) is 6.37. The van der Waals surface area contributed by atoms with Crippen LogP contribution in [0.3, 0.4) is 0 Å². The number of aliphatic hydroxyl groups is 1. The fourth-order valence-electron chi connectivity index (χ4n) is 2.67. The number of nitrogens with zero attached hydrogens (tertiary/aromatic N) is 2. The summed E-state index contributed by atoms with van der Waals surface area (Å²) in [7, 11) is 3.86. The third-order valence-electron chi connectivity index (χ3n) is 3.92. The van der Waals surface area contributed by atoms with Crippen molar-refractivity contribution in [3.63, 3.8) is 0 Å². The van der Waals surface area contributed by atoms with Gasteiger partial charge in [-0.1, -0.05) is 29.8 Å². The molecular weight excluding hydrogens is 252 g/mol. The first-order valence-electron chi connectivity index (χ1n) is 7.19. The van der Waals surface area contributed by atoms with Crippen LogP contribution in [0.15, 0.2) is 24.3 Å². The first-order chi connectivity index (χ1) is 9.49. The van der Waals surface area contributed by atoms with Gasteiger partial charge in [0.15, 0.2) is 0 Å². The molecule has 1 fully saturated rings. The molecule has 4 heteroatoms. The summed E-state index contributed by atoms with van der Waals surface area (Å²) in [5.41, 5.74) is 2.22. The topological polar surface area (TPSA) is 43.8 Å². The van der Waals surface area contributed by atoms with Crippen LogP contribution in [0, 0.1) is 6.92 Å². The minimum absolute atomic E-state index is 0.130. The Labute approximate surface area is 121 Å². The second-order valence-electron chi connectivity index (χ2n) is 5.83. The van der Waals surface area contributed by atoms with Crippen LogP contribution in [0.1, 0.15) is 30.0 Å². The van der Waals surface area contributed by atoms with Gasteiger partial charge in [0.2, 0.25) is 5.91 Å². The zero-order chi connectivity index (χ0) is 14.7. The molecule has 1 aromatic carbocycles. The highest BCUT2D eigenvalue weighted by molar-refractivity contribution is 5.83. The number of carbonyl (C=O) groups is 1. The van der Waals surface area contributed by atoms with E-state index in [1.54, 1.807) is 0 Å². The quantitative estimate of drug-likeness (QED) is 0.911. The van der Waals surface area contributed by atoms with Crippen molar-refractivity contribution in [2.45, 2.75) is 31.9 Å². The average molecular weight is 276 g/mol. The Morgan fingerprint density at radius 1 is 1.25 bits per heavy atom. The predicted octanol–water partition coefficient (Wildman–Crippen LogP) is 1.58. The Hall–Kier alpha value is -1.39. The Morgan fingerprint density at radius 3 is 2.30 bits per heavy atom. The van der Waals surface area contributed by atoms with Gasteiger partial charge in [0.1, 0.15) is 6.04 Å². The number of hydrogen-bond donors (Lipinski definition) is 1. The number of aliphatic hydroxyl groups excluding tert-OH is 1. The van der Waals surface area contributed by atoms with Gasteiger partial charge in [0.05, 0.1) is 6.10 Å². The molecule has 1 N–H and O–H groups in total. The highest BCUT2D eigenvalue weighted by Crippen LogP contribution is 2.23. The smallest absolute Gasteiger partial charge is 0.244 e. The van der Waals surface area contributed by atoms with Crippen molar-refractivity contribution in [1.29, 1.82) is 0 Å². The molecule has 1 aliphatic heterocycles. The normalized spacial score (nSPS) is 18.4. The summed E-state index contributed by atoms with van der Waals surface area (Å²) in [6.07, 6.45) is 1.11. The lowest BCUT2D eigenvalue weighted by atomic mass is 10.0. The van der Waals surface area contributed by atoms with E-state index in [1.165, 1.54) is 5.56 Å². The molecule has 0 saturated carbocycles. The summed E-state index contributed by atoms with van der Waals surface area (Å²) in [6.45, 7) is 3.34. The Bertz CT molecular complexity index is 448. The zero-order valence-electron chi connectivity index (χ0n) is 12.5. The number of amides is 1. The molecule has 1 amide bonds. The molecule has 20 heavy (non-hydrogen) atoms. The van der Waals surface area contributed by atoms with E-state index in [1.807, 2.05) is 55.1 Å². The molecule has 1 aliphatic rings. The molecule has 0 aromatic heterocycles. The van der Waals surface area contributed by atoms with E-state index in [9.17, 15) is 9.90 Å². The van der Waals surface area contributed by atoms with E-state index < -0.39 is 0 Å². The molecule has 1 atom stereocenters. The van der Waals surface area contributed by atoms with Crippen molar-refractivity contribution < 1.29 is 9.90 Å². The molecule has 0 aliphatic carbocycles. The Balaban J connectivity index is 2.16. The van der Waals surface area contributed by atoms with Gasteiger partial charge in [0, 0.05) is 13.1 Å². The summed E-state index contributed by atoms with van der Waals surface area (Å²) in [4.78, 5) is 16.6. The first-order valence-corrected chi connectivity index (χ1v) is 7.19. The second-order valence-corrected chi connectivity index (χ2v) is 5.83. The van der Waals surface area contributed by atoms with Crippen molar-refractivity contribution in [3.8, 4) is 0 Å². The summed E-state index contributed by atoms with van der Waals surface area (Å²) >= 11 is 0. The van der Waals surface area contributed by atoms with Crippen LogP contribution >= 0.6 is 0 Å². The van der Waals surface area contributed by atoms with Crippen LogP contribution < -0.4 is 0 Å². The average Bonchev–Trinajstić information content (AvgIpc) is 2.41. The summed E-state index contributed by atoms with van der Waals surface area (Å²) < 4.78 is 0. The molecular formula is C16H24N2O2. The van der Waals surface area contributed by atoms with Gasteiger partial charge in [-0.2, -0.15) is 0 Å². The van der Waals surface area contributed by atoms with Gasteiger partial charge in [-0.05, 0) is 39.4 Å². The number of aryl methyl sites for hydroxylation is 1. The number of piperidine rings is 1. The maximum atomic E-state index is 12.7. The first kappa shape index (κ1) is 15.0.